The van der Waals surface area contributed by atoms with Crippen molar-refractivity contribution in [1.82, 2.24) is 0 Å². The van der Waals surface area contributed by atoms with E-state index in [1.54, 1.807) is 6.92 Å². The Morgan fingerprint density at radius 1 is 0.729 bits per heavy atom. The molecule has 5 aliphatic carbocycles. The maximum Gasteiger partial charge on any atom is 0.317 e. The summed E-state index contributed by atoms with van der Waals surface area (Å²) in [5.41, 5.74) is -3.74. The highest BCUT2D eigenvalue weighted by atomic mass is 16.7. The highest BCUT2D eigenvalue weighted by molar-refractivity contribution is 5.78. The molecule has 5 saturated carbocycles. The van der Waals surface area contributed by atoms with Gasteiger partial charge in [0, 0.05) is 11.8 Å². The molecule has 7 rings (SSSR count). The average Bonchev–Trinajstić information content (AvgIpc) is 3.82. The molecule has 16 heteroatoms. The standard InChI is InChI=1S/C43H72O16/c1-20(2)42(55,19-56-35-33(52)31(50)29(48)23(16-44)57-35)12-9-21(3)22-10-11-39(5)25-7-8-26-40(6,37(54)59-36-34(53)32(51)30(49)24(17-45)58-36)27(46)15-28(47)43(26)18-41(25,43)14-13-38(22,39)4/h20-36,44-53,55H,7-19H2,1-6H3/t21-,22-,23-,24-,25+,26+,27+,28+,29-,30-,31+,32+,33-,34-,35-,36+,38-,39+,40+,41+,42-,43-/m1/s1. The molecule has 7 aliphatic rings. The van der Waals surface area contributed by atoms with Crippen molar-refractivity contribution in [3.63, 3.8) is 0 Å². The van der Waals surface area contributed by atoms with Crippen LogP contribution in [0.15, 0.2) is 0 Å². The van der Waals surface area contributed by atoms with Crippen LogP contribution in [0, 0.1) is 56.7 Å². The van der Waals surface area contributed by atoms with Crippen LogP contribution in [0.3, 0.4) is 0 Å². The number of esters is 1. The van der Waals surface area contributed by atoms with Gasteiger partial charge in [0.15, 0.2) is 6.29 Å². The van der Waals surface area contributed by atoms with Crippen LogP contribution in [0.5, 0.6) is 0 Å². The second kappa shape index (κ2) is 15.9. The molecular formula is C43H72O16. The van der Waals surface area contributed by atoms with Gasteiger partial charge in [-0.3, -0.25) is 4.79 Å². The molecule has 59 heavy (non-hydrogen) atoms. The van der Waals surface area contributed by atoms with E-state index in [9.17, 15) is 61.0 Å². The smallest absolute Gasteiger partial charge is 0.317 e. The molecule has 0 amide bonds. The van der Waals surface area contributed by atoms with Crippen molar-refractivity contribution < 1.29 is 79.9 Å². The lowest BCUT2D eigenvalue weighted by molar-refractivity contribution is -0.310. The summed E-state index contributed by atoms with van der Waals surface area (Å²) >= 11 is 0. The quantitative estimate of drug-likeness (QED) is 0.113. The van der Waals surface area contributed by atoms with E-state index in [0.29, 0.717) is 25.2 Å². The zero-order valence-electron chi connectivity index (χ0n) is 35.5. The predicted molar refractivity (Wildman–Crippen MR) is 206 cm³/mol. The van der Waals surface area contributed by atoms with Gasteiger partial charge in [-0.15, -0.1) is 0 Å². The van der Waals surface area contributed by atoms with E-state index in [2.05, 4.69) is 20.8 Å². The van der Waals surface area contributed by atoms with Gasteiger partial charge in [-0.2, -0.15) is 0 Å². The second-order valence-corrected chi connectivity index (χ2v) is 21.0. The molecule has 0 aromatic carbocycles. The van der Waals surface area contributed by atoms with Crippen molar-refractivity contribution in [2.75, 3.05) is 19.8 Å². The molecule has 11 N–H and O–H groups in total. The maximum atomic E-state index is 14.2. The van der Waals surface area contributed by atoms with Gasteiger partial charge in [-0.05, 0) is 111 Å². The van der Waals surface area contributed by atoms with Crippen LogP contribution in [-0.4, -0.2) is 161 Å². The molecule has 2 aliphatic heterocycles. The van der Waals surface area contributed by atoms with Crippen LogP contribution < -0.4 is 0 Å². The summed E-state index contributed by atoms with van der Waals surface area (Å²) in [7, 11) is 0. The molecule has 2 heterocycles. The third-order valence-electron chi connectivity index (χ3n) is 18.5. The van der Waals surface area contributed by atoms with E-state index in [1.165, 1.54) is 0 Å². The van der Waals surface area contributed by atoms with Gasteiger partial charge in [0.1, 0.15) is 48.8 Å². The zero-order valence-corrected chi connectivity index (χ0v) is 35.5. The number of carbonyl (C=O) groups excluding carboxylic acids is 1. The third kappa shape index (κ3) is 6.63. The highest BCUT2D eigenvalue weighted by Crippen LogP contribution is 2.89. The Bertz CT molecular complexity index is 1530. The predicted octanol–water partition coefficient (Wildman–Crippen LogP) is -0.300. The molecule has 2 spiro atoms. The Hall–Kier alpha value is -1.09. The topological polar surface area (TPSA) is 277 Å². The molecule has 0 radical (unpaired) electrons. The van der Waals surface area contributed by atoms with Gasteiger partial charge in [0.2, 0.25) is 6.29 Å². The normalized spacial score (nSPS) is 53.4. The van der Waals surface area contributed by atoms with Crippen LogP contribution >= 0.6 is 0 Å². The first-order valence-electron chi connectivity index (χ1n) is 22.1. The lowest BCUT2D eigenvalue weighted by Crippen LogP contribution is -2.65. The third-order valence-corrected chi connectivity index (χ3v) is 18.5. The first kappa shape index (κ1) is 45.9. The number of aliphatic hydroxyl groups is 11. The lowest BCUT2D eigenvalue weighted by atomic mass is 9.41. The van der Waals surface area contributed by atoms with Crippen molar-refractivity contribution in [3.05, 3.63) is 0 Å². The van der Waals surface area contributed by atoms with Crippen LogP contribution in [-0.2, 0) is 23.7 Å². The summed E-state index contributed by atoms with van der Waals surface area (Å²) in [6.45, 7) is 11.1. The Labute approximate surface area is 346 Å². The molecule has 0 unspecified atom stereocenters. The van der Waals surface area contributed by atoms with E-state index >= 15 is 0 Å². The molecule has 340 valence electrons. The average molecular weight is 845 g/mol. The summed E-state index contributed by atoms with van der Waals surface area (Å²) in [6, 6.07) is 0. The number of fused-ring (bicyclic) bond motifs is 2. The SMILES string of the molecule is CC(C)[C@@](O)(CC[C@@H](C)[C@H]1CC[C@@]2(C)[C@@H]3CC[C@H]4[C@](C)(C(=O)O[C@@H]5O[C@H](CO)[C@@H](O)[C@H](O)[C@H]5O)[C@@H](O)C[C@H](O)[C@@]45C[C@@]35CC[C@]12C)CO[C@@H]1O[C@H](CO)[C@@H](O)[C@H](O)[C@H]1O. The number of aliphatic hydroxyl groups excluding tert-OH is 10. The minimum absolute atomic E-state index is 0.0161. The zero-order chi connectivity index (χ0) is 43.4. The fourth-order valence-electron chi connectivity index (χ4n) is 14.3. The van der Waals surface area contributed by atoms with Gasteiger partial charge < -0.3 is 75.1 Å². The van der Waals surface area contributed by atoms with E-state index in [1.807, 2.05) is 13.8 Å². The largest absolute Gasteiger partial charge is 0.432 e. The number of rotatable bonds is 12. The lowest BCUT2D eigenvalue weighted by Gasteiger charge is -2.63. The summed E-state index contributed by atoms with van der Waals surface area (Å²) in [5.74, 6) is -0.624. The van der Waals surface area contributed by atoms with Crippen molar-refractivity contribution in [2.24, 2.45) is 56.7 Å². The van der Waals surface area contributed by atoms with Gasteiger partial charge in [-0.25, -0.2) is 0 Å². The van der Waals surface area contributed by atoms with E-state index in [4.69, 9.17) is 18.9 Å². The highest BCUT2D eigenvalue weighted by Gasteiger charge is 2.86. The molecule has 0 bridgehead atoms. The van der Waals surface area contributed by atoms with Gasteiger partial charge in [0.05, 0.1) is 43.0 Å². The molecule has 7 fully saturated rings. The minimum Gasteiger partial charge on any atom is -0.432 e. The van der Waals surface area contributed by atoms with Gasteiger partial charge >= 0.3 is 5.97 Å². The van der Waals surface area contributed by atoms with Crippen molar-refractivity contribution in [3.8, 4) is 0 Å². The van der Waals surface area contributed by atoms with Gasteiger partial charge in [0.25, 0.3) is 0 Å². The molecule has 16 nitrogen and oxygen atoms in total. The number of hydrogen-bond acceptors (Lipinski definition) is 16. The molecule has 2 saturated heterocycles. The monoisotopic (exact) mass is 844 g/mol. The maximum absolute atomic E-state index is 14.2. The molecule has 22 atom stereocenters. The number of ether oxygens (including phenoxy) is 4. The molecule has 0 aromatic heterocycles. The minimum atomic E-state index is -1.78. The van der Waals surface area contributed by atoms with Crippen LogP contribution in [0.4, 0.5) is 0 Å². The Morgan fingerprint density at radius 3 is 1.90 bits per heavy atom. The van der Waals surface area contributed by atoms with Crippen LogP contribution in [0.1, 0.15) is 106 Å². The van der Waals surface area contributed by atoms with Crippen molar-refractivity contribution in [2.45, 2.75) is 185 Å². The van der Waals surface area contributed by atoms with Crippen LogP contribution in [0.2, 0.25) is 0 Å². The summed E-state index contributed by atoms with van der Waals surface area (Å²) in [5, 5.41) is 117. The summed E-state index contributed by atoms with van der Waals surface area (Å²) in [6.07, 6.45) is -10.3. The second-order valence-electron chi connectivity index (χ2n) is 21.0. The first-order valence-corrected chi connectivity index (χ1v) is 22.1. The molecular weight excluding hydrogens is 772 g/mol. The Morgan fingerprint density at radius 2 is 1.31 bits per heavy atom. The Kier molecular flexibility index (Phi) is 12.3. The van der Waals surface area contributed by atoms with Crippen molar-refractivity contribution in [1.29, 1.82) is 0 Å². The van der Waals surface area contributed by atoms with E-state index in [-0.39, 0.29) is 47.0 Å². The summed E-state index contributed by atoms with van der Waals surface area (Å²) in [4.78, 5) is 14.2. The Balaban J connectivity index is 1.05. The fraction of sp³-hybridized carbons (Fsp3) is 0.977. The summed E-state index contributed by atoms with van der Waals surface area (Å²) < 4.78 is 22.6. The van der Waals surface area contributed by atoms with E-state index in [0.717, 1.165) is 38.5 Å². The molecule has 0 aromatic rings. The van der Waals surface area contributed by atoms with Crippen LogP contribution in [0.25, 0.3) is 0 Å². The van der Waals surface area contributed by atoms with E-state index < -0.39 is 115 Å². The van der Waals surface area contributed by atoms with Gasteiger partial charge in [-0.1, -0.05) is 34.6 Å². The number of carbonyl (C=O) groups is 1. The first-order chi connectivity index (χ1) is 27.5. The number of hydrogen-bond donors (Lipinski definition) is 11. The fourth-order valence-corrected chi connectivity index (χ4v) is 14.3. The van der Waals surface area contributed by atoms with Crippen molar-refractivity contribution >= 4 is 5.97 Å².